The van der Waals surface area contributed by atoms with E-state index in [2.05, 4.69) is 63.5 Å². The van der Waals surface area contributed by atoms with Crippen molar-refractivity contribution in [1.29, 1.82) is 0 Å². The normalized spacial score (nSPS) is 10.6. The van der Waals surface area contributed by atoms with Gasteiger partial charge in [-0.15, -0.1) is 0 Å². The van der Waals surface area contributed by atoms with Gasteiger partial charge in [0.2, 0.25) is 5.88 Å². The zero-order valence-corrected chi connectivity index (χ0v) is 18.9. The minimum absolute atomic E-state index is 0.489. The van der Waals surface area contributed by atoms with Crippen molar-refractivity contribution < 1.29 is 14.2 Å². The van der Waals surface area contributed by atoms with Gasteiger partial charge in [0.25, 0.3) is 0 Å². The molecule has 0 unspecified atom stereocenters. The molecule has 0 spiro atoms. The van der Waals surface area contributed by atoms with E-state index in [1.807, 2.05) is 24.3 Å². The van der Waals surface area contributed by atoms with Crippen molar-refractivity contribution in [2.45, 2.75) is 26.5 Å². The molecule has 0 amide bonds. The molecule has 5 nitrogen and oxygen atoms in total. The second kappa shape index (κ2) is 11.6. The number of methoxy groups -OCH3 is 1. The molecule has 0 atom stereocenters. The van der Waals surface area contributed by atoms with Gasteiger partial charge >= 0.3 is 0 Å². The Hall–Kier alpha value is -2.57. The van der Waals surface area contributed by atoms with E-state index in [-0.39, 0.29) is 0 Å². The molecule has 0 aliphatic carbocycles. The van der Waals surface area contributed by atoms with Gasteiger partial charge in [0.1, 0.15) is 6.61 Å². The first kappa shape index (κ1) is 22.1. The minimum Gasteiger partial charge on any atom is -0.493 e. The van der Waals surface area contributed by atoms with Crippen LogP contribution in [0.15, 0.2) is 65.3 Å². The highest BCUT2D eigenvalue weighted by molar-refractivity contribution is 9.10. The summed E-state index contributed by atoms with van der Waals surface area (Å²) in [6, 6.07) is 18.0. The SMILES string of the molecule is COc1cc(CNCCCOc2ccccn2)cc(Br)c1OCc1ccc(C)cc1. The lowest BCUT2D eigenvalue weighted by Crippen LogP contribution is -2.17. The number of halogens is 1. The topological polar surface area (TPSA) is 52.6 Å². The van der Waals surface area contributed by atoms with Crippen molar-refractivity contribution in [2.75, 3.05) is 20.3 Å². The Kier molecular flexibility index (Phi) is 8.53. The van der Waals surface area contributed by atoms with Crippen molar-refractivity contribution in [3.05, 3.63) is 82.0 Å². The molecule has 0 bridgehead atoms. The summed E-state index contributed by atoms with van der Waals surface area (Å²) in [6.45, 7) is 4.77. The van der Waals surface area contributed by atoms with E-state index < -0.39 is 0 Å². The molecule has 1 heterocycles. The molecule has 0 radical (unpaired) electrons. The molecule has 30 heavy (non-hydrogen) atoms. The first-order valence-corrected chi connectivity index (χ1v) is 10.7. The highest BCUT2D eigenvalue weighted by atomic mass is 79.9. The average molecular weight is 471 g/mol. The first-order valence-electron chi connectivity index (χ1n) is 9.95. The van der Waals surface area contributed by atoms with E-state index in [1.165, 1.54) is 5.56 Å². The molecule has 6 heteroatoms. The van der Waals surface area contributed by atoms with E-state index >= 15 is 0 Å². The quantitative estimate of drug-likeness (QED) is 0.385. The standard InChI is InChI=1S/C24H27BrN2O3/c1-18-7-9-19(10-8-18)17-30-24-21(25)14-20(15-22(24)28-2)16-26-11-5-13-29-23-6-3-4-12-27-23/h3-4,6-10,12,14-15,26H,5,11,13,16-17H2,1-2H3. The van der Waals surface area contributed by atoms with E-state index in [0.717, 1.165) is 35.1 Å². The van der Waals surface area contributed by atoms with Crippen molar-refractivity contribution in [1.82, 2.24) is 10.3 Å². The van der Waals surface area contributed by atoms with Crippen LogP contribution < -0.4 is 19.5 Å². The molecule has 0 aliphatic rings. The number of aryl methyl sites for hydroxylation is 1. The van der Waals surface area contributed by atoms with Crippen LogP contribution >= 0.6 is 15.9 Å². The lowest BCUT2D eigenvalue weighted by Gasteiger charge is -2.15. The summed E-state index contributed by atoms with van der Waals surface area (Å²) in [6.07, 6.45) is 2.62. The highest BCUT2D eigenvalue weighted by Gasteiger charge is 2.12. The predicted molar refractivity (Wildman–Crippen MR) is 122 cm³/mol. The van der Waals surface area contributed by atoms with Crippen LogP contribution in [0.3, 0.4) is 0 Å². The molecular weight excluding hydrogens is 444 g/mol. The molecule has 2 aromatic carbocycles. The third-order valence-electron chi connectivity index (χ3n) is 4.51. The first-order chi connectivity index (χ1) is 14.7. The van der Waals surface area contributed by atoms with E-state index in [0.29, 0.717) is 30.6 Å². The van der Waals surface area contributed by atoms with Crippen LogP contribution in [0, 0.1) is 6.92 Å². The number of hydrogen-bond donors (Lipinski definition) is 1. The van der Waals surface area contributed by atoms with E-state index in [4.69, 9.17) is 14.2 Å². The van der Waals surface area contributed by atoms with Crippen LogP contribution in [0.4, 0.5) is 0 Å². The largest absolute Gasteiger partial charge is 0.493 e. The lowest BCUT2D eigenvalue weighted by molar-refractivity contribution is 0.282. The molecule has 3 aromatic rings. The zero-order valence-electron chi connectivity index (χ0n) is 17.4. The molecule has 1 N–H and O–H groups in total. The molecule has 0 saturated heterocycles. The van der Waals surface area contributed by atoms with Crippen molar-refractivity contribution in [3.63, 3.8) is 0 Å². The van der Waals surface area contributed by atoms with Gasteiger partial charge in [-0.25, -0.2) is 4.98 Å². The summed E-state index contributed by atoms with van der Waals surface area (Å²) in [7, 11) is 1.66. The Morgan fingerprint density at radius 3 is 2.57 bits per heavy atom. The minimum atomic E-state index is 0.489. The Bertz CT molecular complexity index is 918. The molecule has 0 fully saturated rings. The van der Waals surface area contributed by atoms with Crippen LogP contribution in [0.25, 0.3) is 0 Å². The van der Waals surface area contributed by atoms with Gasteiger partial charge in [-0.05, 0) is 65.1 Å². The Labute approximate surface area is 186 Å². The summed E-state index contributed by atoms with van der Waals surface area (Å²) >= 11 is 3.62. The third kappa shape index (κ3) is 6.75. The maximum atomic E-state index is 6.02. The smallest absolute Gasteiger partial charge is 0.213 e. The molecule has 3 rings (SSSR count). The summed E-state index contributed by atoms with van der Waals surface area (Å²) in [5.74, 6) is 2.09. The number of ether oxygens (including phenoxy) is 3. The van der Waals surface area contributed by atoms with Crippen LogP contribution in [0.5, 0.6) is 17.4 Å². The number of nitrogens with one attached hydrogen (secondary N) is 1. The molecule has 0 aliphatic heterocycles. The van der Waals surface area contributed by atoms with Crippen molar-refractivity contribution >= 4 is 15.9 Å². The number of hydrogen-bond acceptors (Lipinski definition) is 5. The van der Waals surface area contributed by atoms with Gasteiger partial charge in [-0.1, -0.05) is 35.9 Å². The fourth-order valence-electron chi connectivity index (χ4n) is 2.89. The van der Waals surface area contributed by atoms with Gasteiger partial charge < -0.3 is 19.5 Å². The third-order valence-corrected chi connectivity index (χ3v) is 5.10. The zero-order chi connectivity index (χ0) is 21.2. The Morgan fingerprint density at radius 1 is 1.00 bits per heavy atom. The molecular formula is C24H27BrN2O3. The fourth-order valence-corrected chi connectivity index (χ4v) is 3.50. The second-order valence-electron chi connectivity index (χ2n) is 6.93. The maximum absolute atomic E-state index is 6.02. The summed E-state index contributed by atoms with van der Waals surface area (Å²) in [5, 5.41) is 3.43. The predicted octanol–water partition coefficient (Wildman–Crippen LogP) is 5.30. The van der Waals surface area contributed by atoms with Gasteiger partial charge in [0, 0.05) is 18.8 Å². The molecule has 158 valence electrons. The monoisotopic (exact) mass is 470 g/mol. The van der Waals surface area contributed by atoms with Crippen molar-refractivity contribution in [2.24, 2.45) is 0 Å². The fraction of sp³-hybridized carbons (Fsp3) is 0.292. The number of benzene rings is 2. The van der Waals surface area contributed by atoms with Crippen LogP contribution in [-0.2, 0) is 13.2 Å². The number of rotatable bonds is 11. The molecule has 0 saturated carbocycles. The van der Waals surface area contributed by atoms with E-state index in [1.54, 1.807) is 13.3 Å². The summed E-state index contributed by atoms with van der Waals surface area (Å²) < 4.78 is 18.1. The Balaban J connectivity index is 1.47. The van der Waals surface area contributed by atoms with Gasteiger partial charge in [0.15, 0.2) is 11.5 Å². The summed E-state index contributed by atoms with van der Waals surface area (Å²) in [5.41, 5.74) is 3.47. The van der Waals surface area contributed by atoms with Gasteiger partial charge in [0.05, 0.1) is 18.2 Å². The van der Waals surface area contributed by atoms with Gasteiger partial charge in [-0.2, -0.15) is 0 Å². The van der Waals surface area contributed by atoms with Crippen LogP contribution in [0.1, 0.15) is 23.1 Å². The second-order valence-corrected chi connectivity index (χ2v) is 7.78. The average Bonchev–Trinajstić information content (AvgIpc) is 2.77. The number of nitrogens with zero attached hydrogens (tertiary/aromatic N) is 1. The maximum Gasteiger partial charge on any atom is 0.213 e. The van der Waals surface area contributed by atoms with Crippen LogP contribution in [-0.4, -0.2) is 25.2 Å². The summed E-state index contributed by atoms with van der Waals surface area (Å²) in [4.78, 5) is 4.15. The van der Waals surface area contributed by atoms with Crippen molar-refractivity contribution in [3.8, 4) is 17.4 Å². The van der Waals surface area contributed by atoms with Crippen LogP contribution in [0.2, 0.25) is 0 Å². The van der Waals surface area contributed by atoms with E-state index in [9.17, 15) is 0 Å². The number of aromatic nitrogens is 1. The van der Waals surface area contributed by atoms with Gasteiger partial charge in [-0.3, -0.25) is 0 Å². The Morgan fingerprint density at radius 2 is 1.83 bits per heavy atom. The number of pyridine rings is 1. The lowest BCUT2D eigenvalue weighted by atomic mass is 10.1. The molecule has 1 aromatic heterocycles. The highest BCUT2D eigenvalue weighted by Crippen LogP contribution is 2.37.